The van der Waals surface area contributed by atoms with Gasteiger partial charge in [-0.3, -0.25) is 0 Å². The SMILES string of the molecule is O=[Si]([O-])[O-].O=[Si]([O-])[O-].O=[Si]([O-])[O-].O=[Si]([O-])[O-].O=[Si]([O-])[O-].O=[Si]([O-])[O-].O=[Si]([O-])[O-].[Fe+2].[Fe+2].[Fe+3].[Fe+3].[Mg+2].[Mg+2]. The summed E-state index contributed by atoms with van der Waals surface area (Å²) in [6.07, 6.45) is 0. The first-order valence-corrected chi connectivity index (χ1v) is 12.9. The normalized spacial score (nSPS) is 4.94. The minimum atomic E-state index is -3.63. The Morgan fingerprint density at radius 3 is 0.265 bits per heavy atom. The summed E-state index contributed by atoms with van der Waals surface area (Å²) < 4.78 is 59.6. The Labute approximate surface area is 274 Å². The van der Waals surface area contributed by atoms with Crippen LogP contribution in [0.1, 0.15) is 0 Å². The molecule has 0 aliphatic heterocycles. The topological polar surface area (TPSA) is 442 Å². The maximum atomic E-state index is 8.52. The summed E-state index contributed by atoms with van der Waals surface area (Å²) in [4.78, 5) is 119. The first-order chi connectivity index (χ1) is 12.1. The van der Waals surface area contributed by atoms with E-state index in [0.29, 0.717) is 0 Å². The molecule has 0 saturated heterocycles. The zero-order valence-corrected chi connectivity index (χ0v) is 29.1. The third-order valence-electron chi connectivity index (χ3n) is 0. The Morgan fingerprint density at radius 1 is 0.265 bits per heavy atom. The molecule has 0 rings (SSSR count). The van der Waals surface area contributed by atoms with Gasteiger partial charge in [0.2, 0.25) is 0 Å². The molecule has 0 aromatic carbocycles. The van der Waals surface area contributed by atoms with Crippen molar-refractivity contribution in [1.82, 2.24) is 0 Å². The second-order valence-corrected chi connectivity index (χ2v) is 5.25. The maximum Gasteiger partial charge on any atom is 3.00 e. The van der Waals surface area contributed by atoms with Crippen LogP contribution in [-0.2, 0) is 99.5 Å². The molecule has 0 heterocycles. The molecule has 0 saturated carbocycles. The molecule has 34 heavy (non-hydrogen) atoms. The maximum absolute atomic E-state index is 8.52. The Balaban J connectivity index is -0.0000000134. The van der Waals surface area contributed by atoms with Gasteiger partial charge in [-0.05, 0) is 0 Å². The summed E-state index contributed by atoms with van der Waals surface area (Å²) in [5.74, 6) is 0. The van der Waals surface area contributed by atoms with Gasteiger partial charge in [-0.15, -0.1) is 0 Å². The quantitative estimate of drug-likeness (QED) is 0.205. The van der Waals surface area contributed by atoms with Gasteiger partial charge in [0.05, 0.1) is 0 Å². The summed E-state index contributed by atoms with van der Waals surface area (Å²) in [6.45, 7) is 0. The fourth-order valence-electron chi connectivity index (χ4n) is 0. The van der Waals surface area contributed by atoms with Gasteiger partial charge in [0, 0.05) is 64.2 Å². The smallest absolute Gasteiger partial charge is 0.672 e. The van der Waals surface area contributed by atoms with Crippen molar-refractivity contribution < 1.29 is 167 Å². The van der Waals surface area contributed by atoms with Gasteiger partial charge in [0.1, 0.15) is 0 Å². The van der Waals surface area contributed by atoms with E-state index in [1.165, 1.54) is 0 Å². The van der Waals surface area contributed by atoms with Crippen LogP contribution >= 0.6 is 0 Å². The van der Waals surface area contributed by atoms with Crippen LogP contribution < -0.4 is 67.1 Å². The zero-order valence-electron chi connectivity index (χ0n) is 14.9. The Morgan fingerprint density at radius 2 is 0.265 bits per heavy atom. The molecule has 0 unspecified atom stereocenters. The van der Waals surface area contributed by atoms with Crippen molar-refractivity contribution in [1.29, 1.82) is 0 Å². The van der Waals surface area contributed by atoms with E-state index in [1.54, 1.807) is 0 Å². The van der Waals surface area contributed by atoms with Crippen molar-refractivity contribution in [2.24, 2.45) is 0 Å². The number of rotatable bonds is 0. The van der Waals surface area contributed by atoms with E-state index in [-0.39, 0.29) is 114 Å². The minimum Gasteiger partial charge on any atom is -0.672 e. The second-order valence-electron chi connectivity index (χ2n) is 1.75. The van der Waals surface area contributed by atoms with Crippen molar-refractivity contribution in [3.63, 3.8) is 0 Å². The Hall–Kier alpha value is 0.929. The number of hydrogen-bond acceptors (Lipinski definition) is 21. The van der Waals surface area contributed by atoms with Crippen LogP contribution in [0.5, 0.6) is 0 Å². The third-order valence-corrected chi connectivity index (χ3v) is 0. The van der Waals surface area contributed by atoms with Crippen molar-refractivity contribution in [2.75, 3.05) is 0 Å². The molecule has 0 N–H and O–H groups in total. The van der Waals surface area contributed by atoms with Crippen molar-refractivity contribution in [3.8, 4) is 0 Å². The first-order valence-electron chi connectivity index (χ1n) is 4.29. The molecule has 190 valence electrons. The van der Waals surface area contributed by atoms with Crippen molar-refractivity contribution >= 4 is 110 Å². The molecule has 0 spiro atoms. The van der Waals surface area contributed by atoms with Crippen molar-refractivity contribution in [3.05, 3.63) is 0 Å². The molecule has 2 radical (unpaired) electrons. The van der Waals surface area contributed by atoms with Gasteiger partial charge in [-0.2, -0.15) is 0 Å². The van der Waals surface area contributed by atoms with Gasteiger partial charge < -0.3 is 98.4 Å². The van der Waals surface area contributed by atoms with Gasteiger partial charge in [-0.1, -0.05) is 0 Å². The van der Waals surface area contributed by atoms with Crippen LogP contribution in [0.25, 0.3) is 0 Å². The molecule has 21 nitrogen and oxygen atoms in total. The summed E-state index contributed by atoms with van der Waals surface area (Å²) in [7, 11) is -25.4. The predicted octanol–water partition coefficient (Wildman–Crippen LogP) is -20.9. The zero-order chi connectivity index (χ0) is 25.0. The molecule has 0 fully saturated rings. The Kier molecular flexibility index (Phi) is 188. The van der Waals surface area contributed by atoms with E-state index in [4.69, 9.17) is 98.4 Å². The summed E-state index contributed by atoms with van der Waals surface area (Å²) in [5, 5.41) is 0. The first kappa shape index (κ1) is 83.6. The van der Waals surface area contributed by atoms with E-state index in [1.807, 2.05) is 0 Å². The minimum absolute atomic E-state index is 0. The molecule has 0 bridgehead atoms. The van der Waals surface area contributed by atoms with E-state index in [0.717, 1.165) is 0 Å². The van der Waals surface area contributed by atoms with E-state index in [9.17, 15) is 0 Å². The van der Waals surface area contributed by atoms with E-state index in [2.05, 4.69) is 0 Å². The summed E-state index contributed by atoms with van der Waals surface area (Å²) in [6, 6.07) is 0. The van der Waals surface area contributed by atoms with Crippen LogP contribution in [0, 0.1) is 0 Å². The molecular formula is Fe4Mg2O21Si7. The third kappa shape index (κ3) is 38900. The van der Waals surface area contributed by atoms with Crippen LogP contribution in [-0.4, -0.2) is 110 Å². The van der Waals surface area contributed by atoms with Crippen LogP contribution in [0.4, 0.5) is 0 Å². The predicted molar refractivity (Wildman–Crippen MR) is 56.6 cm³/mol. The van der Waals surface area contributed by atoms with Crippen molar-refractivity contribution in [2.45, 2.75) is 0 Å². The monoisotopic (exact) mass is 803 g/mol. The average Bonchev–Trinajstić information content (AvgIpc) is 2.20. The summed E-state index contributed by atoms with van der Waals surface area (Å²) in [5.41, 5.74) is 0. The molecule has 0 aliphatic rings. The van der Waals surface area contributed by atoms with Gasteiger partial charge >= 0.3 is 114 Å². The van der Waals surface area contributed by atoms with E-state index < -0.39 is 64.2 Å². The van der Waals surface area contributed by atoms with Gasteiger partial charge in [0.25, 0.3) is 0 Å². The Bertz CT molecular complexity index is 330. The van der Waals surface area contributed by atoms with E-state index >= 15 is 0 Å². The molecule has 0 amide bonds. The fraction of sp³-hybridized carbons (Fsp3) is 0. The molecule has 0 aliphatic carbocycles. The van der Waals surface area contributed by atoms with Gasteiger partial charge in [-0.25, -0.2) is 0 Å². The second kappa shape index (κ2) is 76.5. The molecule has 0 aromatic rings. The van der Waals surface area contributed by atoms with Gasteiger partial charge in [0.15, 0.2) is 0 Å². The van der Waals surface area contributed by atoms with Crippen LogP contribution in [0.2, 0.25) is 0 Å². The molecule has 0 aromatic heterocycles. The fourth-order valence-corrected chi connectivity index (χ4v) is 0. The molecule has 0 atom stereocenters. The average molecular weight is 805 g/mol. The largest absolute Gasteiger partial charge is 3.00 e. The van der Waals surface area contributed by atoms with Crippen LogP contribution in [0.15, 0.2) is 0 Å². The standard InChI is InChI=1S/4Fe.2Mg.7O3Si/c;;;;;;7*1-4(2)3/q2*+2;2*+3;2*+2;7*-2. The molecular weight excluding hydrogens is 805 g/mol. The summed E-state index contributed by atoms with van der Waals surface area (Å²) >= 11 is 0. The van der Waals surface area contributed by atoms with Crippen LogP contribution in [0.3, 0.4) is 0 Å². The molecule has 34 heteroatoms. The number of hydrogen-bond donors (Lipinski definition) is 0.